The van der Waals surface area contributed by atoms with Crippen molar-refractivity contribution in [1.29, 1.82) is 0 Å². The van der Waals surface area contributed by atoms with Crippen LogP contribution < -0.4 is 0 Å². The highest BCUT2D eigenvalue weighted by molar-refractivity contribution is 7.32. The number of rotatable bonds is 3. The Kier molecular flexibility index (Phi) is 3.18. The zero-order valence-corrected chi connectivity index (χ0v) is 4.58. The predicted molar refractivity (Wildman–Crippen MR) is 22.8 cm³/mol. The molecule has 0 aromatic carbocycles. The summed E-state index contributed by atoms with van der Waals surface area (Å²) in [6.07, 6.45) is 0. The second-order valence-corrected chi connectivity index (χ2v) is 1.56. The maximum Gasteiger partial charge on any atom is 0.701 e. The third-order valence-corrected chi connectivity index (χ3v) is 0.610. The number of hydrogen-bond acceptors (Lipinski definition) is 4. The van der Waals surface area contributed by atoms with Gasteiger partial charge in [-0.25, -0.2) is 0 Å². The Morgan fingerprint density at radius 2 is 2.38 bits per heavy atom. The molecule has 0 spiro atoms. The smallest absolute Gasteiger partial charge is 0.262 e. The largest absolute Gasteiger partial charge is 0.701 e. The number of nitro groups is 1. The van der Waals surface area contributed by atoms with Gasteiger partial charge in [-0.2, -0.15) is 0 Å². The highest BCUT2D eigenvalue weighted by atomic mass is 31.1. The lowest BCUT2D eigenvalue weighted by Gasteiger charge is -1.77. The maximum atomic E-state index is 9.53. The lowest BCUT2D eigenvalue weighted by Crippen LogP contribution is -1.99. The van der Waals surface area contributed by atoms with Crippen molar-refractivity contribution in [3.05, 3.63) is 10.1 Å². The Hall–Kier alpha value is -0.580. The van der Waals surface area contributed by atoms with Gasteiger partial charge in [0.1, 0.15) is 0 Å². The number of nitrogens with zero attached hydrogens (tertiary/aromatic N) is 1. The van der Waals surface area contributed by atoms with Crippen molar-refractivity contribution in [2.45, 2.75) is 0 Å². The van der Waals surface area contributed by atoms with Crippen molar-refractivity contribution < 1.29 is 18.9 Å². The van der Waals surface area contributed by atoms with Gasteiger partial charge in [0.25, 0.3) is 0 Å². The first-order valence-corrected chi connectivity index (χ1v) is 2.67. The van der Waals surface area contributed by atoms with Gasteiger partial charge >= 0.3 is 15.0 Å². The minimum atomic E-state index is -2.82. The van der Waals surface area contributed by atoms with E-state index in [2.05, 4.69) is 4.52 Å². The standard InChI is InChI=1S/CH2NO5P/c3-2(4)1-7-8(5)6/h1H2/p+1. The topological polar surface area (TPSA) is 89.7 Å². The summed E-state index contributed by atoms with van der Waals surface area (Å²) in [5.74, 6) is 0. The van der Waals surface area contributed by atoms with Crippen molar-refractivity contribution in [3.63, 3.8) is 0 Å². The average molecular weight is 140 g/mol. The Balaban J connectivity index is 3.18. The van der Waals surface area contributed by atoms with Crippen LogP contribution in [0.4, 0.5) is 0 Å². The molecule has 1 N–H and O–H groups in total. The molecule has 0 saturated heterocycles. The van der Waals surface area contributed by atoms with Crippen LogP contribution in [0.15, 0.2) is 0 Å². The molecule has 0 fully saturated rings. The zero-order valence-electron chi connectivity index (χ0n) is 3.68. The van der Waals surface area contributed by atoms with Crippen LogP contribution in [0.5, 0.6) is 0 Å². The number of hydrogen-bond donors (Lipinski definition) is 1. The zero-order chi connectivity index (χ0) is 6.57. The molecule has 0 aliphatic heterocycles. The van der Waals surface area contributed by atoms with Gasteiger partial charge in [0.15, 0.2) is 0 Å². The Labute approximate surface area is 45.2 Å². The summed E-state index contributed by atoms with van der Waals surface area (Å²) in [6, 6.07) is 0. The normalized spacial score (nSPS) is 10.9. The fourth-order valence-corrected chi connectivity index (χ4v) is 0.290. The molecule has 6 nitrogen and oxygen atoms in total. The Morgan fingerprint density at radius 3 is 2.50 bits per heavy atom. The minimum Gasteiger partial charge on any atom is -0.262 e. The molecule has 0 radical (unpaired) electrons. The van der Waals surface area contributed by atoms with E-state index in [1.165, 1.54) is 0 Å². The van der Waals surface area contributed by atoms with Crippen LogP contribution in [0.3, 0.4) is 0 Å². The van der Waals surface area contributed by atoms with Gasteiger partial charge in [0.2, 0.25) is 0 Å². The van der Waals surface area contributed by atoms with Crippen LogP contribution in [-0.2, 0) is 9.09 Å². The van der Waals surface area contributed by atoms with Gasteiger partial charge in [-0.1, -0.05) is 0 Å². The summed E-state index contributed by atoms with van der Waals surface area (Å²) in [6.45, 7) is -0.925. The van der Waals surface area contributed by atoms with Crippen LogP contribution in [0.25, 0.3) is 0 Å². The summed E-state index contributed by atoms with van der Waals surface area (Å²) in [7, 11) is -2.82. The highest BCUT2D eigenvalue weighted by Crippen LogP contribution is 2.12. The molecule has 7 heteroatoms. The first-order chi connectivity index (χ1) is 3.63. The van der Waals surface area contributed by atoms with E-state index in [-0.39, 0.29) is 0 Å². The SMILES string of the molecule is O=[N+]([O-])CO[P+](=O)O. The van der Waals surface area contributed by atoms with Crippen molar-refractivity contribution in [2.24, 2.45) is 0 Å². The molecular weight excluding hydrogens is 137 g/mol. The minimum absolute atomic E-state index is 0.844. The van der Waals surface area contributed by atoms with Crippen LogP contribution in [0.2, 0.25) is 0 Å². The van der Waals surface area contributed by atoms with Gasteiger partial charge in [-0.05, 0) is 4.52 Å². The molecule has 0 aromatic rings. The Bertz CT molecular complexity index is 97.0. The third-order valence-electron chi connectivity index (χ3n) is 0.274. The molecule has 0 aliphatic rings. The molecular formula is CH3NO5P+. The van der Waals surface area contributed by atoms with Crippen LogP contribution >= 0.6 is 8.25 Å². The summed E-state index contributed by atoms with van der Waals surface area (Å²) in [5.41, 5.74) is 0. The van der Waals surface area contributed by atoms with Crippen LogP contribution in [-0.4, -0.2) is 16.5 Å². The van der Waals surface area contributed by atoms with E-state index in [4.69, 9.17) is 4.89 Å². The molecule has 46 valence electrons. The third kappa shape index (κ3) is 5.42. The van der Waals surface area contributed by atoms with Gasteiger partial charge < -0.3 is 0 Å². The summed E-state index contributed by atoms with van der Waals surface area (Å²) in [4.78, 5) is 16.3. The second kappa shape index (κ2) is 3.43. The van der Waals surface area contributed by atoms with Crippen molar-refractivity contribution in [2.75, 3.05) is 6.73 Å². The van der Waals surface area contributed by atoms with Gasteiger partial charge in [-0.3, -0.25) is 10.1 Å². The van der Waals surface area contributed by atoms with Gasteiger partial charge in [0, 0.05) is 4.57 Å². The van der Waals surface area contributed by atoms with Gasteiger partial charge in [0.05, 0.1) is 4.92 Å². The summed E-state index contributed by atoms with van der Waals surface area (Å²) < 4.78 is 13.2. The Morgan fingerprint density at radius 1 is 1.88 bits per heavy atom. The molecule has 0 heterocycles. The second-order valence-electron chi connectivity index (χ2n) is 0.829. The maximum absolute atomic E-state index is 9.53. The molecule has 8 heavy (non-hydrogen) atoms. The molecule has 0 aromatic heterocycles. The molecule has 1 unspecified atom stereocenters. The van der Waals surface area contributed by atoms with Gasteiger partial charge in [-0.15, -0.1) is 4.89 Å². The van der Waals surface area contributed by atoms with E-state index in [1.54, 1.807) is 0 Å². The van der Waals surface area contributed by atoms with Crippen molar-refractivity contribution in [3.8, 4) is 0 Å². The molecule has 0 amide bonds. The quantitative estimate of drug-likeness (QED) is 0.255. The van der Waals surface area contributed by atoms with E-state index < -0.39 is 19.9 Å². The molecule has 1 atom stereocenters. The fourth-order valence-electron chi connectivity index (χ4n) is 0.0965. The summed E-state index contributed by atoms with van der Waals surface area (Å²) in [5, 5.41) is 9.34. The average Bonchev–Trinajstić information content (AvgIpc) is 1.61. The predicted octanol–water partition coefficient (Wildman–Crippen LogP) is -0.113. The lowest BCUT2D eigenvalue weighted by atomic mass is 11.4. The van der Waals surface area contributed by atoms with E-state index in [9.17, 15) is 14.7 Å². The van der Waals surface area contributed by atoms with E-state index in [1.807, 2.05) is 0 Å². The molecule has 0 saturated carbocycles. The van der Waals surface area contributed by atoms with E-state index in [0.29, 0.717) is 0 Å². The molecule has 0 rings (SSSR count). The van der Waals surface area contributed by atoms with E-state index >= 15 is 0 Å². The molecule has 0 bridgehead atoms. The monoisotopic (exact) mass is 140 g/mol. The van der Waals surface area contributed by atoms with E-state index in [0.717, 1.165) is 0 Å². The molecule has 0 aliphatic carbocycles. The van der Waals surface area contributed by atoms with Crippen LogP contribution in [0.1, 0.15) is 0 Å². The summed E-state index contributed by atoms with van der Waals surface area (Å²) >= 11 is 0. The van der Waals surface area contributed by atoms with Crippen LogP contribution in [0, 0.1) is 10.1 Å². The van der Waals surface area contributed by atoms with Crippen molar-refractivity contribution in [1.82, 2.24) is 0 Å². The first kappa shape index (κ1) is 7.42. The van der Waals surface area contributed by atoms with Crippen molar-refractivity contribution >= 4 is 8.25 Å². The lowest BCUT2D eigenvalue weighted by molar-refractivity contribution is -0.514. The highest BCUT2D eigenvalue weighted by Gasteiger charge is 2.15. The first-order valence-electron chi connectivity index (χ1n) is 1.54. The fraction of sp³-hybridized carbons (Fsp3) is 1.00.